The fourth-order valence-corrected chi connectivity index (χ4v) is 5.17. The Labute approximate surface area is 234 Å². The van der Waals surface area contributed by atoms with Gasteiger partial charge in [0, 0.05) is 20.1 Å². The lowest BCUT2D eigenvalue weighted by atomic mass is 10.1. The van der Waals surface area contributed by atoms with E-state index < -0.39 is 7.82 Å². The highest BCUT2D eigenvalue weighted by atomic mass is 31.2. The molecule has 0 aromatic rings. The van der Waals surface area contributed by atoms with Crippen LogP contribution in [0.3, 0.4) is 0 Å². The quantitative estimate of drug-likeness (QED) is 0.0597. The van der Waals surface area contributed by atoms with Gasteiger partial charge in [-0.2, -0.15) is 0 Å². The second-order valence-corrected chi connectivity index (χ2v) is 11.6. The summed E-state index contributed by atoms with van der Waals surface area (Å²) in [5.74, 6) is 0.100. The van der Waals surface area contributed by atoms with Crippen molar-refractivity contribution in [2.75, 3.05) is 73.7 Å². The number of hydrogen-bond donors (Lipinski definition) is 0. The maximum Gasteiger partial charge on any atom is 0.474 e. The van der Waals surface area contributed by atoms with Crippen LogP contribution in [0.1, 0.15) is 110 Å². The highest BCUT2D eigenvalue weighted by Gasteiger charge is 2.27. The molecule has 0 aliphatic rings. The zero-order valence-electron chi connectivity index (χ0n) is 25.3. The van der Waals surface area contributed by atoms with Crippen LogP contribution in [-0.2, 0) is 37.1 Å². The van der Waals surface area contributed by atoms with Crippen LogP contribution in [-0.4, -0.2) is 73.7 Å². The fourth-order valence-electron chi connectivity index (χ4n) is 3.91. The Morgan fingerprint density at radius 2 is 0.895 bits per heavy atom. The van der Waals surface area contributed by atoms with E-state index in [1.165, 1.54) is 64.2 Å². The molecule has 0 spiro atoms. The van der Waals surface area contributed by atoms with Crippen LogP contribution in [0.15, 0.2) is 0 Å². The van der Waals surface area contributed by atoms with Crippen molar-refractivity contribution in [1.82, 2.24) is 0 Å². The Morgan fingerprint density at radius 3 is 1.32 bits per heavy atom. The van der Waals surface area contributed by atoms with E-state index in [-0.39, 0.29) is 12.5 Å². The number of phosphoric acid groups is 1. The Kier molecular flexibility index (Phi) is 29.9. The molecule has 38 heavy (non-hydrogen) atoms. The molecule has 0 aliphatic heterocycles. The minimum atomic E-state index is -3.60. The lowest BCUT2D eigenvalue weighted by Gasteiger charge is -2.21. The minimum absolute atomic E-state index is 0.100. The number of methoxy groups -OCH3 is 2. The number of rotatable bonds is 32. The molecule has 0 aromatic carbocycles. The predicted octanol–water partition coefficient (Wildman–Crippen LogP) is 7.98. The zero-order chi connectivity index (χ0) is 28.0. The second kappa shape index (κ2) is 29.9. The Balaban J connectivity index is 4.57. The first kappa shape index (κ1) is 38.0. The van der Waals surface area contributed by atoms with E-state index in [9.17, 15) is 4.57 Å². The van der Waals surface area contributed by atoms with Gasteiger partial charge < -0.3 is 18.9 Å². The van der Waals surface area contributed by atoms with E-state index in [0.717, 1.165) is 25.7 Å². The Hall–Kier alpha value is -0.0500. The average molecular weight is 569 g/mol. The number of hydrogen-bond acceptors (Lipinski definition) is 8. The molecule has 8 nitrogen and oxygen atoms in total. The van der Waals surface area contributed by atoms with E-state index in [4.69, 9.17) is 32.5 Å². The van der Waals surface area contributed by atoms with E-state index in [1.807, 2.05) is 0 Å². The van der Waals surface area contributed by atoms with Gasteiger partial charge in [-0.1, -0.05) is 90.9 Å². The third-order valence-corrected chi connectivity index (χ3v) is 7.84. The van der Waals surface area contributed by atoms with Crippen molar-refractivity contribution in [3.05, 3.63) is 0 Å². The SMILES string of the molecule is CCCCCCCCCOP(=O)(OCCCCCCCCC)OCCC(COCCOC)COCCOC. The van der Waals surface area contributed by atoms with Gasteiger partial charge in [0.2, 0.25) is 0 Å². The van der Waals surface area contributed by atoms with Crippen LogP contribution in [0.2, 0.25) is 0 Å². The topological polar surface area (TPSA) is 81.7 Å². The van der Waals surface area contributed by atoms with Crippen LogP contribution in [0.5, 0.6) is 0 Å². The van der Waals surface area contributed by atoms with E-state index in [0.29, 0.717) is 59.3 Å². The first-order chi connectivity index (χ1) is 18.6. The molecule has 0 fully saturated rings. The number of ether oxygens (including phenoxy) is 4. The molecule has 0 atom stereocenters. The molecule has 0 bridgehead atoms. The smallest absolute Gasteiger partial charge is 0.382 e. The molecule has 0 aromatic heterocycles. The molecule has 0 amide bonds. The van der Waals surface area contributed by atoms with Gasteiger partial charge in [-0.15, -0.1) is 0 Å². The van der Waals surface area contributed by atoms with Gasteiger partial charge in [-0.3, -0.25) is 13.6 Å². The van der Waals surface area contributed by atoms with Gasteiger partial charge in [0.15, 0.2) is 0 Å². The summed E-state index contributed by atoms with van der Waals surface area (Å²) in [6.45, 7) is 8.66. The monoisotopic (exact) mass is 568 g/mol. The van der Waals surface area contributed by atoms with Crippen molar-refractivity contribution in [3.63, 3.8) is 0 Å². The maximum atomic E-state index is 13.4. The standard InChI is InChI=1S/C29H61O8P/c1-5-7-9-11-13-15-17-20-35-38(30,36-21-18-16-14-12-10-8-6-2)37-22-19-29(27-33-25-23-31-3)28-34-26-24-32-4/h29H,5-28H2,1-4H3. The van der Waals surface area contributed by atoms with Crippen LogP contribution < -0.4 is 0 Å². The van der Waals surface area contributed by atoms with Crippen LogP contribution in [0.4, 0.5) is 0 Å². The summed E-state index contributed by atoms with van der Waals surface area (Å²) < 4.78 is 52.2. The fraction of sp³-hybridized carbons (Fsp3) is 1.00. The highest BCUT2D eigenvalue weighted by molar-refractivity contribution is 7.48. The Morgan fingerprint density at radius 1 is 0.500 bits per heavy atom. The summed E-state index contributed by atoms with van der Waals surface area (Å²) in [6, 6.07) is 0. The second-order valence-electron chi connectivity index (χ2n) is 9.98. The van der Waals surface area contributed by atoms with Crippen LogP contribution in [0, 0.1) is 5.92 Å². The molecule has 0 rings (SSSR count). The van der Waals surface area contributed by atoms with Crippen LogP contribution in [0.25, 0.3) is 0 Å². The average Bonchev–Trinajstić information content (AvgIpc) is 2.91. The van der Waals surface area contributed by atoms with E-state index in [2.05, 4.69) is 13.8 Å². The lowest BCUT2D eigenvalue weighted by molar-refractivity contribution is 0.0000841. The van der Waals surface area contributed by atoms with Crippen LogP contribution >= 0.6 is 7.82 Å². The van der Waals surface area contributed by atoms with Gasteiger partial charge in [-0.25, -0.2) is 4.57 Å². The summed E-state index contributed by atoms with van der Waals surface area (Å²) >= 11 is 0. The first-order valence-corrected chi connectivity index (χ1v) is 16.7. The third-order valence-electron chi connectivity index (χ3n) is 6.34. The highest BCUT2D eigenvalue weighted by Crippen LogP contribution is 2.50. The Bertz CT molecular complexity index is 473. The van der Waals surface area contributed by atoms with Gasteiger partial charge in [0.05, 0.1) is 59.5 Å². The summed E-state index contributed by atoms with van der Waals surface area (Å²) in [6.07, 6.45) is 17.0. The van der Waals surface area contributed by atoms with Gasteiger partial charge >= 0.3 is 7.82 Å². The molecular formula is C29H61O8P. The molecule has 0 radical (unpaired) electrons. The van der Waals surface area contributed by atoms with Crippen molar-refractivity contribution in [2.45, 2.75) is 110 Å². The van der Waals surface area contributed by atoms with Crippen molar-refractivity contribution in [2.24, 2.45) is 5.92 Å². The van der Waals surface area contributed by atoms with Crippen molar-refractivity contribution >= 4 is 7.82 Å². The predicted molar refractivity (Wildman–Crippen MR) is 155 cm³/mol. The van der Waals surface area contributed by atoms with Gasteiger partial charge in [-0.05, 0) is 19.3 Å². The third kappa shape index (κ3) is 26.2. The van der Waals surface area contributed by atoms with E-state index >= 15 is 0 Å². The minimum Gasteiger partial charge on any atom is -0.382 e. The molecule has 0 aliphatic carbocycles. The first-order valence-electron chi connectivity index (χ1n) is 15.3. The number of unbranched alkanes of at least 4 members (excludes halogenated alkanes) is 12. The molecule has 230 valence electrons. The normalized spacial score (nSPS) is 12.1. The molecule has 0 unspecified atom stereocenters. The molecule has 0 saturated heterocycles. The maximum absolute atomic E-state index is 13.4. The molecular weight excluding hydrogens is 507 g/mol. The summed E-state index contributed by atoms with van der Waals surface area (Å²) in [7, 11) is -0.299. The zero-order valence-corrected chi connectivity index (χ0v) is 26.2. The summed E-state index contributed by atoms with van der Waals surface area (Å²) in [5, 5.41) is 0. The summed E-state index contributed by atoms with van der Waals surface area (Å²) in [5.41, 5.74) is 0. The summed E-state index contributed by atoms with van der Waals surface area (Å²) in [4.78, 5) is 0. The number of phosphoric ester groups is 1. The molecule has 9 heteroatoms. The van der Waals surface area contributed by atoms with Gasteiger partial charge in [0.1, 0.15) is 0 Å². The molecule has 0 saturated carbocycles. The largest absolute Gasteiger partial charge is 0.474 e. The molecule has 0 heterocycles. The van der Waals surface area contributed by atoms with Crippen molar-refractivity contribution < 1.29 is 37.1 Å². The van der Waals surface area contributed by atoms with Crippen molar-refractivity contribution in [1.29, 1.82) is 0 Å². The lowest BCUT2D eigenvalue weighted by Crippen LogP contribution is -2.21. The molecule has 0 N–H and O–H groups in total. The van der Waals surface area contributed by atoms with Gasteiger partial charge in [0.25, 0.3) is 0 Å². The van der Waals surface area contributed by atoms with Crippen molar-refractivity contribution in [3.8, 4) is 0 Å². The van der Waals surface area contributed by atoms with E-state index in [1.54, 1.807) is 14.2 Å².